The topological polar surface area (TPSA) is 100 Å². The van der Waals surface area contributed by atoms with Crippen molar-refractivity contribution in [1.29, 1.82) is 5.26 Å². The molecule has 0 radical (unpaired) electrons. The highest BCUT2D eigenvalue weighted by Crippen LogP contribution is 2.47. The molecule has 0 aliphatic carbocycles. The molecule has 2 fully saturated rings. The third kappa shape index (κ3) is 2.80. The van der Waals surface area contributed by atoms with Gasteiger partial charge in [0.05, 0.1) is 28.9 Å². The molecule has 4 aromatic rings. The van der Waals surface area contributed by atoms with Gasteiger partial charge in [0, 0.05) is 36.1 Å². The molecule has 2 atom stereocenters. The third-order valence-corrected chi connectivity index (χ3v) is 8.44. The van der Waals surface area contributed by atoms with Gasteiger partial charge in [-0.2, -0.15) is 5.26 Å². The highest BCUT2D eigenvalue weighted by atomic mass is 32.1. The number of fused-ring (bicyclic) bond motifs is 6. The van der Waals surface area contributed by atoms with Gasteiger partial charge in [-0.05, 0) is 36.1 Å². The Bertz CT molecular complexity index is 1630. The molecule has 0 spiro atoms. The molecule has 0 amide bonds. The summed E-state index contributed by atoms with van der Waals surface area (Å²) < 4.78 is 37.3. The Morgan fingerprint density at radius 2 is 2.06 bits per heavy atom. The number of hydrogen-bond donors (Lipinski definition) is 2. The molecule has 10 heteroatoms. The van der Waals surface area contributed by atoms with Gasteiger partial charge in [0.2, 0.25) is 0 Å². The summed E-state index contributed by atoms with van der Waals surface area (Å²) in [5.74, 6) is 0.221. The number of thiophene rings is 1. The van der Waals surface area contributed by atoms with Crippen molar-refractivity contribution in [1.82, 2.24) is 15.3 Å². The molecular formula is C25H20F2N6OS. The fraction of sp³-hybridized carbons (Fsp3) is 0.320. The van der Waals surface area contributed by atoms with Crippen molar-refractivity contribution in [3.05, 3.63) is 46.3 Å². The molecule has 3 N–H and O–H groups in total. The van der Waals surface area contributed by atoms with Crippen molar-refractivity contribution in [3.8, 4) is 17.2 Å². The van der Waals surface area contributed by atoms with Gasteiger partial charge >= 0.3 is 0 Å². The second-order valence-electron chi connectivity index (χ2n) is 9.36. The van der Waals surface area contributed by atoms with Crippen LogP contribution in [0.2, 0.25) is 0 Å². The normalized spacial score (nSPS) is 20.8. The monoisotopic (exact) mass is 490 g/mol. The van der Waals surface area contributed by atoms with Gasteiger partial charge in [-0.15, -0.1) is 11.3 Å². The zero-order chi connectivity index (χ0) is 24.0. The third-order valence-electron chi connectivity index (χ3n) is 7.42. The van der Waals surface area contributed by atoms with Gasteiger partial charge in [0.15, 0.2) is 5.82 Å². The Labute approximate surface area is 203 Å². The average Bonchev–Trinajstić information content (AvgIpc) is 3.63. The van der Waals surface area contributed by atoms with Gasteiger partial charge in [-0.25, -0.2) is 18.7 Å². The molecule has 5 heterocycles. The number of piperazine rings is 1. The highest BCUT2D eigenvalue weighted by Gasteiger charge is 2.40. The summed E-state index contributed by atoms with van der Waals surface area (Å²) in [4.78, 5) is 11.6. The lowest BCUT2D eigenvalue weighted by atomic mass is 9.90. The maximum absolute atomic E-state index is 16.5. The Morgan fingerprint density at radius 1 is 1.23 bits per heavy atom. The molecule has 2 saturated heterocycles. The van der Waals surface area contributed by atoms with Crippen molar-refractivity contribution in [2.45, 2.75) is 38.6 Å². The first-order valence-corrected chi connectivity index (χ1v) is 12.3. The van der Waals surface area contributed by atoms with Crippen LogP contribution in [0.15, 0.2) is 12.1 Å². The lowest BCUT2D eigenvalue weighted by Gasteiger charge is -2.30. The van der Waals surface area contributed by atoms with Crippen molar-refractivity contribution < 1.29 is 13.5 Å². The molecule has 2 aromatic heterocycles. The maximum Gasteiger partial charge on any atom is 0.157 e. The summed E-state index contributed by atoms with van der Waals surface area (Å²) in [5.41, 5.74) is 8.67. The van der Waals surface area contributed by atoms with E-state index in [0.717, 1.165) is 42.2 Å². The van der Waals surface area contributed by atoms with E-state index in [4.69, 9.17) is 15.5 Å². The average molecular weight is 491 g/mol. The zero-order valence-corrected chi connectivity index (χ0v) is 19.6. The first-order chi connectivity index (χ1) is 17.0. The van der Waals surface area contributed by atoms with Crippen LogP contribution in [0.1, 0.15) is 28.9 Å². The number of aryl methyl sites for hydroxylation is 1. The van der Waals surface area contributed by atoms with Crippen LogP contribution in [0.5, 0.6) is 0 Å². The molecule has 0 saturated carbocycles. The van der Waals surface area contributed by atoms with Crippen LogP contribution in [-0.2, 0) is 18.0 Å². The summed E-state index contributed by atoms with van der Waals surface area (Å²) in [6.07, 6.45) is 1.04. The van der Waals surface area contributed by atoms with E-state index in [1.54, 1.807) is 6.92 Å². The number of hydrogen-bond acceptors (Lipinski definition) is 8. The van der Waals surface area contributed by atoms with Crippen molar-refractivity contribution in [3.63, 3.8) is 0 Å². The van der Waals surface area contributed by atoms with E-state index in [1.807, 2.05) is 0 Å². The van der Waals surface area contributed by atoms with Gasteiger partial charge in [-0.1, -0.05) is 6.07 Å². The van der Waals surface area contributed by atoms with Gasteiger partial charge < -0.3 is 20.7 Å². The van der Waals surface area contributed by atoms with Crippen LogP contribution >= 0.6 is 11.3 Å². The van der Waals surface area contributed by atoms with E-state index < -0.39 is 11.6 Å². The molecule has 3 aliphatic heterocycles. The molecule has 2 bridgehead atoms. The molecular weight excluding hydrogens is 470 g/mol. The van der Waals surface area contributed by atoms with Crippen LogP contribution < -0.4 is 16.0 Å². The first-order valence-electron chi connectivity index (χ1n) is 11.5. The first kappa shape index (κ1) is 20.9. The largest absolute Gasteiger partial charge is 0.389 e. The number of ether oxygens (including phenoxy) is 1. The molecule has 7 rings (SSSR count). The van der Waals surface area contributed by atoms with Gasteiger partial charge in [-0.3, -0.25) is 0 Å². The van der Waals surface area contributed by atoms with E-state index in [2.05, 4.69) is 21.3 Å². The summed E-state index contributed by atoms with van der Waals surface area (Å²) in [6.45, 7) is 3.96. The highest BCUT2D eigenvalue weighted by molar-refractivity contribution is 7.23. The SMILES string of the molecule is Cc1nc(N2C[C@H]3C[C@@H]2CN3)c2c3c(c(-c4ccc(F)c5sc(N)c(C#N)c45)c(F)c2n1)COC3. The minimum Gasteiger partial charge on any atom is -0.389 e. The number of nitriles is 1. The fourth-order valence-electron chi connectivity index (χ4n) is 5.94. The van der Waals surface area contributed by atoms with Crippen molar-refractivity contribution in [2.24, 2.45) is 0 Å². The van der Waals surface area contributed by atoms with Crippen LogP contribution in [0.3, 0.4) is 0 Å². The summed E-state index contributed by atoms with van der Waals surface area (Å²) in [5, 5.41) is 14.5. The number of nitrogens with one attached hydrogen (secondary N) is 1. The maximum atomic E-state index is 16.5. The van der Waals surface area contributed by atoms with Gasteiger partial charge in [0.25, 0.3) is 0 Å². The van der Waals surface area contributed by atoms with Crippen LogP contribution in [0, 0.1) is 29.9 Å². The van der Waals surface area contributed by atoms with Crippen LogP contribution in [0.25, 0.3) is 32.1 Å². The predicted octanol–water partition coefficient (Wildman–Crippen LogP) is 4.13. The number of nitrogens with zero attached hydrogens (tertiary/aromatic N) is 4. The van der Waals surface area contributed by atoms with E-state index in [-0.39, 0.29) is 33.0 Å². The quantitative estimate of drug-likeness (QED) is 0.436. The summed E-state index contributed by atoms with van der Waals surface area (Å²) in [6, 6.07) is 5.61. The molecule has 7 nitrogen and oxygen atoms in total. The molecule has 0 unspecified atom stereocenters. The number of rotatable bonds is 2. The summed E-state index contributed by atoms with van der Waals surface area (Å²) >= 11 is 0.998. The zero-order valence-electron chi connectivity index (χ0n) is 18.8. The molecule has 35 heavy (non-hydrogen) atoms. The second kappa shape index (κ2) is 7.31. The Balaban J connectivity index is 1.57. The van der Waals surface area contributed by atoms with Crippen molar-refractivity contribution in [2.75, 3.05) is 23.7 Å². The predicted molar refractivity (Wildman–Crippen MR) is 130 cm³/mol. The van der Waals surface area contributed by atoms with Crippen LogP contribution in [0.4, 0.5) is 19.6 Å². The van der Waals surface area contributed by atoms with Crippen LogP contribution in [-0.4, -0.2) is 35.1 Å². The standard InChI is InChI=1S/C25H20F2N6OS/c1-10-31-22-20(25(32-10)33-7-11-4-12(33)6-30-11)16-9-34-8-15(16)18(21(22)27)13-2-3-17(26)23-19(13)14(5-28)24(29)35-23/h2-3,11-12,30H,4,6-9,29H2,1H3/t11-,12-/m1/s1. The number of nitrogens with two attached hydrogens (primary N) is 1. The lowest BCUT2D eigenvalue weighted by molar-refractivity contribution is 0.135. The number of benzene rings is 2. The number of anilines is 2. The van der Waals surface area contributed by atoms with Gasteiger partial charge in [0.1, 0.15) is 34.0 Å². The van der Waals surface area contributed by atoms with E-state index >= 15 is 4.39 Å². The Kier molecular flexibility index (Phi) is 4.37. The van der Waals surface area contributed by atoms with Crippen molar-refractivity contribution >= 4 is 43.1 Å². The number of nitrogen functional groups attached to an aromatic ring is 1. The summed E-state index contributed by atoms with van der Waals surface area (Å²) in [7, 11) is 0. The number of aromatic nitrogens is 2. The second-order valence-corrected chi connectivity index (χ2v) is 10.4. The smallest absolute Gasteiger partial charge is 0.157 e. The minimum absolute atomic E-state index is 0.159. The number of halogens is 2. The van der Waals surface area contributed by atoms with E-state index in [0.29, 0.717) is 46.4 Å². The molecule has 3 aliphatic rings. The minimum atomic E-state index is -0.514. The van der Waals surface area contributed by atoms with E-state index in [1.165, 1.54) is 12.1 Å². The van der Waals surface area contributed by atoms with E-state index in [9.17, 15) is 9.65 Å². The Hall–Kier alpha value is -3.39. The molecule has 176 valence electrons. The molecule has 2 aromatic carbocycles. The fourth-order valence-corrected chi connectivity index (χ4v) is 6.89. The Morgan fingerprint density at radius 3 is 2.80 bits per heavy atom. The lowest BCUT2D eigenvalue weighted by Crippen LogP contribution is -2.44.